The van der Waals surface area contributed by atoms with Gasteiger partial charge in [-0.2, -0.15) is 0 Å². The predicted molar refractivity (Wildman–Crippen MR) is 85.6 cm³/mol. The van der Waals surface area contributed by atoms with E-state index in [0.29, 0.717) is 0 Å². The molecule has 1 aromatic carbocycles. The second-order valence-electron chi connectivity index (χ2n) is 5.16. The number of benzene rings is 1. The van der Waals surface area contributed by atoms with Crippen molar-refractivity contribution in [3.63, 3.8) is 0 Å². The van der Waals surface area contributed by atoms with Gasteiger partial charge in [-0.15, -0.1) is 0 Å². The first kappa shape index (κ1) is 12.7. The van der Waals surface area contributed by atoms with Crippen LogP contribution in [-0.4, -0.2) is 18.1 Å². The van der Waals surface area contributed by atoms with E-state index in [2.05, 4.69) is 51.7 Å². The Hall–Kier alpha value is -1.35. The molecule has 98 valence electrons. The zero-order valence-corrected chi connectivity index (χ0v) is 12.7. The third kappa shape index (κ3) is 2.39. The first-order valence-corrected chi connectivity index (χ1v) is 7.45. The number of aromatic nitrogens is 1. The van der Waals surface area contributed by atoms with Crippen molar-refractivity contribution < 1.29 is 0 Å². The molecule has 0 atom stereocenters. The van der Waals surface area contributed by atoms with Gasteiger partial charge in [0.25, 0.3) is 0 Å². The summed E-state index contributed by atoms with van der Waals surface area (Å²) >= 11 is 3.56. The zero-order valence-electron chi connectivity index (χ0n) is 11.1. The lowest BCUT2D eigenvalue weighted by Crippen LogP contribution is -2.18. The van der Waals surface area contributed by atoms with Gasteiger partial charge in [-0.1, -0.05) is 28.1 Å². The van der Waals surface area contributed by atoms with Crippen LogP contribution >= 0.6 is 15.9 Å². The van der Waals surface area contributed by atoms with E-state index in [1.54, 1.807) is 0 Å². The third-order valence-corrected chi connectivity index (χ3v) is 4.10. The summed E-state index contributed by atoms with van der Waals surface area (Å²) in [5.74, 6) is 1.09. The second kappa shape index (κ2) is 4.97. The molecule has 19 heavy (non-hydrogen) atoms. The predicted octanol–water partition coefficient (Wildman–Crippen LogP) is 4.63. The molecule has 1 aromatic heterocycles. The molecule has 0 aliphatic carbocycles. The molecule has 1 aliphatic heterocycles. The minimum atomic E-state index is 1.04. The molecule has 1 saturated heterocycles. The summed E-state index contributed by atoms with van der Waals surface area (Å²) in [6, 6.07) is 8.50. The Bertz CT molecular complexity index is 642. The summed E-state index contributed by atoms with van der Waals surface area (Å²) < 4.78 is 1.06. The van der Waals surface area contributed by atoms with Crippen LogP contribution in [0.25, 0.3) is 16.5 Å². The number of halogens is 1. The standard InChI is InChI=1S/C16H17BrN2/c1-11(2)14-9-12(17)10-15-13(14)5-6-16(18-15)19-7-3-4-8-19/h5-6,9-10H,1,3-4,7-8H2,2H3. The number of nitrogens with zero attached hydrogens (tertiary/aromatic N) is 2. The number of fused-ring (bicyclic) bond motifs is 1. The summed E-state index contributed by atoms with van der Waals surface area (Å²) in [5, 5.41) is 1.18. The van der Waals surface area contributed by atoms with E-state index >= 15 is 0 Å². The lowest BCUT2D eigenvalue weighted by molar-refractivity contribution is 0.944. The Morgan fingerprint density at radius 3 is 2.68 bits per heavy atom. The van der Waals surface area contributed by atoms with E-state index in [-0.39, 0.29) is 0 Å². The molecule has 2 aromatic rings. The molecular weight excluding hydrogens is 300 g/mol. The number of hydrogen-bond donors (Lipinski definition) is 0. The summed E-state index contributed by atoms with van der Waals surface area (Å²) in [6.07, 6.45) is 2.55. The molecular formula is C16H17BrN2. The van der Waals surface area contributed by atoms with Gasteiger partial charge in [0.1, 0.15) is 5.82 Å². The van der Waals surface area contributed by atoms with Gasteiger partial charge in [-0.25, -0.2) is 4.98 Å². The number of hydrogen-bond acceptors (Lipinski definition) is 2. The fraction of sp³-hybridized carbons (Fsp3) is 0.312. The monoisotopic (exact) mass is 316 g/mol. The van der Waals surface area contributed by atoms with E-state index in [0.717, 1.165) is 34.5 Å². The van der Waals surface area contributed by atoms with Crippen LogP contribution in [0.1, 0.15) is 25.3 Å². The first-order valence-electron chi connectivity index (χ1n) is 6.66. The van der Waals surface area contributed by atoms with Crippen molar-refractivity contribution in [1.82, 2.24) is 4.98 Å². The highest BCUT2D eigenvalue weighted by Crippen LogP contribution is 2.29. The second-order valence-corrected chi connectivity index (χ2v) is 6.08. The molecule has 1 fully saturated rings. The van der Waals surface area contributed by atoms with Gasteiger partial charge in [-0.05, 0) is 49.6 Å². The summed E-state index contributed by atoms with van der Waals surface area (Å²) in [5.41, 5.74) is 3.28. The summed E-state index contributed by atoms with van der Waals surface area (Å²) in [4.78, 5) is 7.18. The Kier molecular flexibility index (Phi) is 3.31. The van der Waals surface area contributed by atoms with Crippen molar-refractivity contribution in [1.29, 1.82) is 0 Å². The van der Waals surface area contributed by atoms with Gasteiger partial charge in [0.15, 0.2) is 0 Å². The molecule has 3 rings (SSSR count). The highest BCUT2D eigenvalue weighted by molar-refractivity contribution is 9.10. The SMILES string of the molecule is C=C(C)c1cc(Br)cc2nc(N3CCCC3)ccc12. The largest absolute Gasteiger partial charge is 0.357 e. The minimum Gasteiger partial charge on any atom is -0.357 e. The molecule has 0 radical (unpaired) electrons. The van der Waals surface area contributed by atoms with Crippen molar-refractivity contribution in [2.75, 3.05) is 18.0 Å². The van der Waals surface area contributed by atoms with Crippen molar-refractivity contribution in [2.45, 2.75) is 19.8 Å². The smallest absolute Gasteiger partial charge is 0.129 e. The maximum Gasteiger partial charge on any atom is 0.129 e. The van der Waals surface area contributed by atoms with Crippen LogP contribution in [0, 0.1) is 0 Å². The molecule has 2 nitrogen and oxygen atoms in total. The maximum absolute atomic E-state index is 4.82. The molecule has 2 heterocycles. The van der Waals surface area contributed by atoms with Crippen molar-refractivity contribution in [3.05, 3.63) is 40.9 Å². The Labute approximate surface area is 122 Å². The van der Waals surface area contributed by atoms with Gasteiger partial charge in [0.05, 0.1) is 5.52 Å². The van der Waals surface area contributed by atoms with Gasteiger partial charge in [0, 0.05) is 22.9 Å². The van der Waals surface area contributed by atoms with Gasteiger partial charge in [0.2, 0.25) is 0 Å². The van der Waals surface area contributed by atoms with Crippen LogP contribution in [0.2, 0.25) is 0 Å². The lowest BCUT2D eigenvalue weighted by atomic mass is 10.0. The quantitative estimate of drug-likeness (QED) is 0.803. The van der Waals surface area contributed by atoms with Crippen molar-refractivity contribution in [3.8, 4) is 0 Å². The molecule has 0 unspecified atom stereocenters. The van der Waals surface area contributed by atoms with Gasteiger partial charge in [-0.3, -0.25) is 0 Å². The average molecular weight is 317 g/mol. The average Bonchev–Trinajstić information content (AvgIpc) is 2.90. The highest BCUT2D eigenvalue weighted by Gasteiger charge is 2.14. The van der Waals surface area contributed by atoms with Crippen molar-refractivity contribution >= 4 is 38.2 Å². The molecule has 0 N–H and O–H groups in total. The Balaban J connectivity index is 2.15. The van der Waals surface area contributed by atoms with E-state index < -0.39 is 0 Å². The molecule has 0 bridgehead atoms. The fourth-order valence-corrected chi connectivity index (χ4v) is 3.11. The Morgan fingerprint density at radius 2 is 2.00 bits per heavy atom. The van der Waals surface area contributed by atoms with Crippen molar-refractivity contribution in [2.24, 2.45) is 0 Å². The first-order chi connectivity index (χ1) is 9.15. The number of allylic oxidation sites excluding steroid dienone is 1. The van der Waals surface area contributed by atoms with E-state index in [4.69, 9.17) is 4.98 Å². The van der Waals surface area contributed by atoms with E-state index in [1.807, 2.05) is 6.92 Å². The topological polar surface area (TPSA) is 16.1 Å². The third-order valence-electron chi connectivity index (χ3n) is 3.65. The zero-order chi connectivity index (χ0) is 13.4. The highest BCUT2D eigenvalue weighted by atomic mass is 79.9. The summed E-state index contributed by atoms with van der Waals surface area (Å²) in [6.45, 7) is 8.34. The molecule has 0 saturated carbocycles. The minimum absolute atomic E-state index is 1.04. The van der Waals surface area contributed by atoms with Crippen LogP contribution in [0.15, 0.2) is 35.3 Å². The number of pyridine rings is 1. The molecule has 1 aliphatic rings. The van der Waals surface area contributed by atoms with Gasteiger partial charge < -0.3 is 4.90 Å². The lowest BCUT2D eigenvalue weighted by Gasteiger charge is -2.17. The van der Waals surface area contributed by atoms with Crippen LogP contribution in [-0.2, 0) is 0 Å². The van der Waals surface area contributed by atoms with E-state index in [9.17, 15) is 0 Å². The van der Waals surface area contributed by atoms with Crippen LogP contribution in [0.3, 0.4) is 0 Å². The maximum atomic E-state index is 4.82. The number of rotatable bonds is 2. The molecule has 0 spiro atoms. The van der Waals surface area contributed by atoms with Crippen LogP contribution in [0.4, 0.5) is 5.82 Å². The normalized spacial score (nSPS) is 15.2. The summed E-state index contributed by atoms with van der Waals surface area (Å²) in [7, 11) is 0. The van der Waals surface area contributed by atoms with Gasteiger partial charge >= 0.3 is 0 Å². The fourth-order valence-electron chi connectivity index (χ4n) is 2.67. The Morgan fingerprint density at radius 1 is 1.26 bits per heavy atom. The molecule has 0 amide bonds. The number of anilines is 1. The van der Waals surface area contributed by atoms with E-state index in [1.165, 1.54) is 23.8 Å². The van der Waals surface area contributed by atoms with Crippen LogP contribution < -0.4 is 4.90 Å². The van der Waals surface area contributed by atoms with Crippen LogP contribution in [0.5, 0.6) is 0 Å². The molecule has 3 heteroatoms.